The Balaban J connectivity index is 2.21. The van der Waals surface area contributed by atoms with Gasteiger partial charge in [-0.3, -0.25) is 4.79 Å². The first-order valence-corrected chi connectivity index (χ1v) is 7.25. The number of hydrogen-bond donors (Lipinski definition) is 0. The highest BCUT2D eigenvalue weighted by molar-refractivity contribution is 5.75. The standard InChI is InChI=1S/C18H15F3O2/c1-12-7-9-14(10-8-12)17(18(19,20)21)15(11-16(22)23-17)13-5-3-2-4-6-13/h2-10,15H,11H2,1H3/t15-,17-/m0/s1. The van der Waals surface area contributed by atoms with E-state index in [2.05, 4.69) is 0 Å². The molecule has 2 aromatic carbocycles. The molecule has 0 radical (unpaired) electrons. The van der Waals surface area contributed by atoms with Gasteiger partial charge in [-0.15, -0.1) is 0 Å². The molecule has 0 aliphatic carbocycles. The van der Waals surface area contributed by atoms with Crippen molar-refractivity contribution in [3.63, 3.8) is 0 Å². The van der Waals surface area contributed by atoms with Gasteiger partial charge in [0.2, 0.25) is 5.60 Å². The number of benzene rings is 2. The van der Waals surface area contributed by atoms with Crippen molar-refractivity contribution >= 4 is 5.97 Å². The fourth-order valence-electron chi connectivity index (χ4n) is 3.12. The first kappa shape index (κ1) is 15.6. The molecule has 2 atom stereocenters. The van der Waals surface area contributed by atoms with Crippen molar-refractivity contribution in [1.29, 1.82) is 0 Å². The second-order valence-corrected chi connectivity index (χ2v) is 5.74. The number of cyclic esters (lactones) is 1. The van der Waals surface area contributed by atoms with Crippen molar-refractivity contribution in [2.75, 3.05) is 0 Å². The van der Waals surface area contributed by atoms with Crippen LogP contribution < -0.4 is 0 Å². The summed E-state index contributed by atoms with van der Waals surface area (Å²) in [5, 5.41) is 0. The van der Waals surface area contributed by atoms with Crippen molar-refractivity contribution in [2.45, 2.75) is 31.0 Å². The number of halogens is 3. The van der Waals surface area contributed by atoms with Crippen LogP contribution in [0.25, 0.3) is 0 Å². The summed E-state index contributed by atoms with van der Waals surface area (Å²) in [6.07, 6.45) is -5.01. The molecule has 0 bridgehead atoms. The molecule has 2 aromatic rings. The molecule has 1 fully saturated rings. The van der Waals surface area contributed by atoms with E-state index < -0.39 is 23.7 Å². The van der Waals surface area contributed by atoms with Gasteiger partial charge in [-0.05, 0) is 12.5 Å². The van der Waals surface area contributed by atoms with Crippen LogP contribution in [0.15, 0.2) is 54.6 Å². The van der Waals surface area contributed by atoms with Crippen LogP contribution in [0, 0.1) is 6.92 Å². The molecule has 120 valence electrons. The Morgan fingerprint density at radius 1 is 1.04 bits per heavy atom. The second kappa shape index (κ2) is 5.41. The number of alkyl halides is 3. The predicted molar refractivity (Wildman–Crippen MR) is 78.8 cm³/mol. The van der Waals surface area contributed by atoms with Crippen LogP contribution in [0.1, 0.15) is 29.0 Å². The van der Waals surface area contributed by atoms with Gasteiger partial charge in [0.05, 0.1) is 6.42 Å². The quantitative estimate of drug-likeness (QED) is 0.763. The van der Waals surface area contributed by atoms with Crippen LogP contribution in [0.2, 0.25) is 0 Å². The maximum Gasteiger partial charge on any atom is 0.433 e. The lowest BCUT2D eigenvalue weighted by Gasteiger charge is -2.36. The fourth-order valence-corrected chi connectivity index (χ4v) is 3.12. The number of rotatable bonds is 2. The predicted octanol–water partition coefficient (Wildman–Crippen LogP) is 4.48. The normalized spacial score (nSPS) is 24.5. The number of ether oxygens (including phenoxy) is 1. The number of esters is 1. The molecule has 1 saturated heterocycles. The van der Waals surface area contributed by atoms with E-state index in [1.165, 1.54) is 12.1 Å². The molecule has 23 heavy (non-hydrogen) atoms. The molecule has 0 N–H and O–H groups in total. The number of hydrogen-bond acceptors (Lipinski definition) is 2. The van der Waals surface area contributed by atoms with E-state index in [1.807, 2.05) is 0 Å². The van der Waals surface area contributed by atoms with Crippen molar-refractivity contribution in [2.24, 2.45) is 0 Å². The third-order valence-corrected chi connectivity index (χ3v) is 4.24. The molecule has 0 aromatic heterocycles. The summed E-state index contributed by atoms with van der Waals surface area (Å²) in [7, 11) is 0. The Hall–Kier alpha value is -2.30. The molecule has 2 nitrogen and oxygen atoms in total. The minimum Gasteiger partial charge on any atom is -0.444 e. The molecule has 0 spiro atoms. The van der Waals surface area contributed by atoms with Crippen molar-refractivity contribution in [1.82, 2.24) is 0 Å². The van der Waals surface area contributed by atoms with Gasteiger partial charge in [0, 0.05) is 11.5 Å². The lowest BCUT2D eigenvalue weighted by molar-refractivity contribution is -0.269. The third-order valence-electron chi connectivity index (χ3n) is 4.24. The summed E-state index contributed by atoms with van der Waals surface area (Å²) in [5.74, 6) is -1.93. The van der Waals surface area contributed by atoms with E-state index in [4.69, 9.17) is 4.74 Å². The van der Waals surface area contributed by atoms with Crippen LogP contribution in [0.4, 0.5) is 13.2 Å². The molecule has 1 aliphatic heterocycles. The smallest absolute Gasteiger partial charge is 0.433 e. The maximum atomic E-state index is 14.0. The van der Waals surface area contributed by atoms with E-state index >= 15 is 0 Å². The van der Waals surface area contributed by atoms with Gasteiger partial charge in [0.15, 0.2) is 0 Å². The van der Waals surface area contributed by atoms with Crippen LogP contribution in [0.3, 0.4) is 0 Å². The largest absolute Gasteiger partial charge is 0.444 e. The van der Waals surface area contributed by atoms with Gasteiger partial charge in [-0.2, -0.15) is 13.2 Å². The Kier molecular flexibility index (Phi) is 3.66. The average molecular weight is 320 g/mol. The second-order valence-electron chi connectivity index (χ2n) is 5.74. The Morgan fingerprint density at radius 3 is 2.22 bits per heavy atom. The summed E-state index contributed by atoms with van der Waals surface area (Å²) in [5.41, 5.74) is -1.41. The summed E-state index contributed by atoms with van der Waals surface area (Å²) in [6.45, 7) is 1.79. The third kappa shape index (κ3) is 2.50. The zero-order chi connectivity index (χ0) is 16.7. The molecular weight excluding hydrogens is 305 g/mol. The average Bonchev–Trinajstić information content (AvgIpc) is 2.87. The molecule has 0 saturated carbocycles. The molecule has 1 heterocycles. The zero-order valence-corrected chi connectivity index (χ0v) is 12.4. The lowest BCUT2D eigenvalue weighted by atomic mass is 9.76. The minimum absolute atomic E-state index is 0.0460. The van der Waals surface area contributed by atoms with Crippen molar-refractivity contribution in [3.8, 4) is 0 Å². The number of carbonyl (C=O) groups is 1. The summed E-state index contributed by atoms with van der Waals surface area (Å²) >= 11 is 0. The van der Waals surface area contributed by atoms with E-state index in [0.29, 0.717) is 5.56 Å². The molecule has 0 amide bonds. The van der Waals surface area contributed by atoms with Crippen LogP contribution >= 0.6 is 0 Å². The summed E-state index contributed by atoms with van der Waals surface area (Å²) in [4.78, 5) is 11.8. The molecule has 0 unspecified atom stereocenters. The highest BCUT2D eigenvalue weighted by atomic mass is 19.4. The molecule has 3 rings (SSSR count). The Morgan fingerprint density at radius 2 is 1.65 bits per heavy atom. The zero-order valence-electron chi connectivity index (χ0n) is 12.4. The van der Waals surface area contributed by atoms with Crippen LogP contribution in [0.5, 0.6) is 0 Å². The lowest BCUT2D eigenvalue weighted by Crippen LogP contribution is -2.46. The number of carbonyl (C=O) groups excluding carboxylic acids is 1. The van der Waals surface area contributed by atoms with Gasteiger partial charge < -0.3 is 4.74 Å². The van der Waals surface area contributed by atoms with Gasteiger partial charge in [0.25, 0.3) is 0 Å². The SMILES string of the molecule is Cc1ccc([C@]2(C(F)(F)F)OC(=O)C[C@H]2c2ccccc2)cc1. The van der Waals surface area contributed by atoms with E-state index in [1.54, 1.807) is 49.4 Å². The topological polar surface area (TPSA) is 26.3 Å². The van der Waals surface area contributed by atoms with Crippen LogP contribution in [-0.2, 0) is 15.1 Å². The van der Waals surface area contributed by atoms with Gasteiger partial charge >= 0.3 is 12.1 Å². The molecule has 5 heteroatoms. The first-order valence-electron chi connectivity index (χ1n) is 7.25. The number of aryl methyl sites for hydroxylation is 1. The van der Waals surface area contributed by atoms with Gasteiger partial charge in [0.1, 0.15) is 0 Å². The minimum atomic E-state index is -4.71. The van der Waals surface area contributed by atoms with Crippen molar-refractivity contribution < 1.29 is 22.7 Å². The van der Waals surface area contributed by atoms with E-state index in [0.717, 1.165) is 5.56 Å². The monoisotopic (exact) mass is 320 g/mol. The van der Waals surface area contributed by atoms with Gasteiger partial charge in [-0.1, -0.05) is 60.2 Å². The van der Waals surface area contributed by atoms with E-state index in [-0.39, 0.29) is 12.0 Å². The summed E-state index contributed by atoms with van der Waals surface area (Å²) < 4.78 is 47.0. The molecular formula is C18H15F3O2. The van der Waals surface area contributed by atoms with Gasteiger partial charge in [-0.25, -0.2) is 0 Å². The maximum absolute atomic E-state index is 14.0. The first-order chi connectivity index (χ1) is 10.8. The fraction of sp³-hybridized carbons (Fsp3) is 0.278. The Bertz CT molecular complexity index is 707. The van der Waals surface area contributed by atoms with E-state index in [9.17, 15) is 18.0 Å². The summed E-state index contributed by atoms with van der Waals surface area (Å²) in [6, 6.07) is 14.2. The Labute approximate surface area is 131 Å². The molecule has 1 aliphatic rings. The highest BCUT2D eigenvalue weighted by Gasteiger charge is 2.67. The highest BCUT2D eigenvalue weighted by Crippen LogP contribution is 2.56. The van der Waals surface area contributed by atoms with Crippen LogP contribution in [-0.4, -0.2) is 12.1 Å². The van der Waals surface area contributed by atoms with Crippen molar-refractivity contribution in [3.05, 3.63) is 71.3 Å².